The molecular formula is C21H24N2O4. The van der Waals surface area contributed by atoms with Gasteiger partial charge in [-0.05, 0) is 43.2 Å². The lowest BCUT2D eigenvalue weighted by Crippen LogP contribution is -2.23. The Balaban J connectivity index is 1.61. The fourth-order valence-electron chi connectivity index (χ4n) is 3.13. The Kier molecular flexibility index (Phi) is 5.96. The van der Waals surface area contributed by atoms with Gasteiger partial charge in [0.2, 0.25) is 11.8 Å². The molecule has 27 heavy (non-hydrogen) atoms. The van der Waals surface area contributed by atoms with Gasteiger partial charge in [-0.1, -0.05) is 12.1 Å². The summed E-state index contributed by atoms with van der Waals surface area (Å²) in [6, 6.07) is 12.9. The molecule has 1 aliphatic rings. The van der Waals surface area contributed by atoms with Crippen LogP contribution in [0.25, 0.3) is 0 Å². The number of methoxy groups -OCH3 is 1. The van der Waals surface area contributed by atoms with Crippen LogP contribution in [-0.2, 0) is 16.0 Å². The van der Waals surface area contributed by atoms with Gasteiger partial charge in [-0.3, -0.25) is 9.59 Å². The Labute approximate surface area is 159 Å². The second-order valence-corrected chi connectivity index (χ2v) is 6.34. The van der Waals surface area contributed by atoms with Crippen molar-refractivity contribution in [3.8, 4) is 11.5 Å². The first-order valence-electron chi connectivity index (χ1n) is 9.10. The minimum absolute atomic E-state index is 0.119. The number of amides is 2. The Hall–Kier alpha value is -3.02. The zero-order valence-corrected chi connectivity index (χ0v) is 15.7. The molecule has 142 valence electrons. The van der Waals surface area contributed by atoms with Crippen molar-refractivity contribution in [3.63, 3.8) is 0 Å². The van der Waals surface area contributed by atoms with Crippen LogP contribution >= 0.6 is 0 Å². The third-order valence-electron chi connectivity index (χ3n) is 4.43. The maximum atomic E-state index is 12.3. The van der Waals surface area contributed by atoms with Gasteiger partial charge in [0.25, 0.3) is 0 Å². The Morgan fingerprint density at radius 3 is 2.56 bits per heavy atom. The van der Waals surface area contributed by atoms with Crippen LogP contribution in [-0.4, -0.2) is 32.1 Å². The molecule has 1 N–H and O–H groups in total. The summed E-state index contributed by atoms with van der Waals surface area (Å²) in [6.07, 6.45) is 1.76. The molecule has 2 aromatic rings. The quantitative estimate of drug-likeness (QED) is 0.813. The maximum absolute atomic E-state index is 12.3. The van der Waals surface area contributed by atoms with E-state index in [-0.39, 0.29) is 18.2 Å². The first kappa shape index (κ1) is 18.8. The molecule has 3 rings (SSSR count). The summed E-state index contributed by atoms with van der Waals surface area (Å²) < 4.78 is 10.8. The molecule has 0 aromatic heterocycles. The fraction of sp³-hybridized carbons (Fsp3) is 0.333. The fourth-order valence-corrected chi connectivity index (χ4v) is 3.13. The van der Waals surface area contributed by atoms with Crippen molar-refractivity contribution < 1.29 is 19.1 Å². The zero-order chi connectivity index (χ0) is 19.2. The van der Waals surface area contributed by atoms with E-state index in [1.54, 1.807) is 30.2 Å². The number of rotatable bonds is 7. The van der Waals surface area contributed by atoms with Gasteiger partial charge in [0, 0.05) is 30.4 Å². The molecular weight excluding hydrogens is 344 g/mol. The van der Waals surface area contributed by atoms with Crippen LogP contribution in [0.15, 0.2) is 42.5 Å². The molecule has 1 aliphatic heterocycles. The number of anilines is 2. The van der Waals surface area contributed by atoms with E-state index in [9.17, 15) is 9.59 Å². The van der Waals surface area contributed by atoms with Crippen molar-refractivity contribution in [2.75, 3.05) is 30.5 Å². The second-order valence-electron chi connectivity index (χ2n) is 6.34. The smallest absolute Gasteiger partial charge is 0.228 e. The average Bonchev–Trinajstić information content (AvgIpc) is 3.09. The van der Waals surface area contributed by atoms with E-state index in [2.05, 4.69) is 5.32 Å². The number of carbonyl (C=O) groups is 2. The van der Waals surface area contributed by atoms with E-state index in [1.165, 1.54) is 0 Å². The van der Waals surface area contributed by atoms with Gasteiger partial charge in [-0.25, -0.2) is 0 Å². The number of nitrogens with one attached hydrogen (secondary N) is 1. The van der Waals surface area contributed by atoms with Gasteiger partial charge in [-0.15, -0.1) is 0 Å². The van der Waals surface area contributed by atoms with E-state index in [1.807, 2.05) is 31.2 Å². The number of hydrogen-bond donors (Lipinski definition) is 1. The SMILES string of the molecule is CCOc1ccc(NC(=O)Cc2ccc(N3CCCC3=O)cc2)cc1OC. The lowest BCUT2D eigenvalue weighted by Gasteiger charge is -2.16. The summed E-state index contributed by atoms with van der Waals surface area (Å²) >= 11 is 0. The van der Waals surface area contributed by atoms with Crippen molar-refractivity contribution >= 4 is 23.2 Å². The summed E-state index contributed by atoms with van der Waals surface area (Å²) in [6.45, 7) is 3.21. The lowest BCUT2D eigenvalue weighted by molar-refractivity contribution is -0.117. The molecule has 0 radical (unpaired) electrons. The third-order valence-corrected chi connectivity index (χ3v) is 4.43. The van der Waals surface area contributed by atoms with Crippen LogP contribution in [0, 0.1) is 0 Å². The molecule has 0 atom stereocenters. The van der Waals surface area contributed by atoms with E-state index in [0.717, 1.165) is 24.2 Å². The minimum atomic E-state index is -0.119. The molecule has 2 amide bonds. The lowest BCUT2D eigenvalue weighted by atomic mass is 10.1. The van der Waals surface area contributed by atoms with Gasteiger partial charge in [0.05, 0.1) is 20.1 Å². The molecule has 0 spiro atoms. The van der Waals surface area contributed by atoms with Crippen LogP contribution in [0.2, 0.25) is 0 Å². The Morgan fingerprint density at radius 1 is 1.15 bits per heavy atom. The predicted molar refractivity (Wildman–Crippen MR) is 105 cm³/mol. The van der Waals surface area contributed by atoms with E-state index in [4.69, 9.17) is 9.47 Å². The molecule has 1 fully saturated rings. The minimum Gasteiger partial charge on any atom is -0.493 e. The topological polar surface area (TPSA) is 67.9 Å². The molecule has 2 aromatic carbocycles. The molecule has 0 unspecified atom stereocenters. The van der Waals surface area contributed by atoms with Gasteiger partial charge >= 0.3 is 0 Å². The van der Waals surface area contributed by atoms with Gasteiger partial charge in [0.1, 0.15) is 0 Å². The highest BCUT2D eigenvalue weighted by atomic mass is 16.5. The maximum Gasteiger partial charge on any atom is 0.228 e. The predicted octanol–water partition coefficient (Wildman–Crippen LogP) is 3.40. The van der Waals surface area contributed by atoms with Crippen molar-refractivity contribution in [2.45, 2.75) is 26.2 Å². The molecule has 1 heterocycles. The number of benzene rings is 2. The molecule has 0 bridgehead atoms. The average molecular weight is 368 g/mol. The van der Waals surface area contributed by atoms with Crippen LogP contribution in [0.1, 0.15) is 25.3 Å². The number of nitrogens with zero attached hydrogens (tertiary/aromatic N) is 1. The van der Waals surface area contributed by atoms with Crippen molar-refractivity contribution in [1.82, 2.24) is 0 Å². The summed E-state index contributed by atoms with van der Waals surface area (Å²) in [7, 11) is 1.57. The summed E-state index contributed by atoms with van der Waals surface area (Å²) in [5.74, 6) is 1.26. The highest BCUT2D eigenvalue weighted by Gasteiger charge is 2.21. The largest absolute Gasteiger partial charge is 0.493 e. The van der Waals surface area contributed by atoms with Crippen molar-refractivity contribution in [3.05, 3.63) is 48.0 Å². The molecule has 6 nitrogen and oxygen atoms in total. The van der Waals surface area contributed by atoms with Crippen LogP contribution in [0.3, 0.4) is 0 Å². The normalized spacial score (nSPS) is 13.6. The highest BCUT2D eigenvalue weighted by molar-refractivity contribution is 5.95. The molecule has 0 aliphatic carbocycles. The van der Waals surface area contributed by atoms with Crippen LogP contribution in [0.4, 0.5) is 11.4 Å². The first-order chi connectivity index (χ1) is 13.1. The number of hydrogen-bond acceptors (Lipinski definition) is 4. The highest BCUT2D eigenvalue weighted by Crippen LogP contribution is 2.30. The summed E-state index contributed by atoms with van der Waals surface area (Å²) in [5, 5.41) is 2.87. The molecule has 1 saturated heterocycles. The van der Waals surface area contributed by atoms with E-state index < -0.39 is 0 Å². The first-order valence-corrected chi connectivity index (χ1v) is 9.10. The Morgan fingerprint density at radius 2 is 1.93 bits per heavy atom. The van der Waals surface area contributed by atoms with Crippen LogP contribution < -0.4 is 19.7 Å². The molecule has 6 heteroatoms. The third kappa shape index (κ3) is 4.58. The van der Waals surface area contributed by atoms with Crippen molar-refractivity contribution in [2.24, 2.45) is 0 Å². The van der Waals surface area contributed by atoms with E-state index in [0.29, 0.717) is 30.2 Å². The number of ether oxygens (including phenoxy) is 2. The monoisotopic (exact) mass is 368 g/mol. The van der Waals surface area contributed by atoms with Crippen LogP contribution in [0.5, 0.6) is 11.5 Å². The van der Waals surface area contributed by atoms with E-state index >= 15 is 0 Å². The Bertz CT molecular complexity index is 817. The van der Waals surface area contributed by atoms with Gasteiger partial charge in [0.15, 0.2) is 11.5 Å². The number of carbonyl (C=O) groups excluding carboxylic acids is 2. The van der Waals surface area contributed by atoms with Gasteiger partial charge < -0.3 is 19.7 Å². The summed E-state index contributed by atoms with van der Waals surface area (Å²) in [4.78, 5) is 25.9. The summed E-state index contributed by atoms with van der Waals surface area (Å²) in [5.41, 5.74) is 2.43. The van der Waals surface area contributed by atoms with Crippen molar-refractivity contribution in [1.29, 1.82) is 0 Å². The zero-order valence-electron chi connectivity index (χ0n) is 15.7. The standard InChI is InChI=1S/C21H24N2O4/c1-3-27-18-11-8-16(14-19(18)26-2)22-20(24)13-15-6-9-17(10-7-15)23-12-4-5-21(23)25/h6-11,14H,3-5,12-13H2,1-2H3,(H,22,24). The van der Waals surface area contributed by atoms with Gasteiger partial charge in [-0.2, -0.15) is 0 Å². The second kappa shape index (κ2) is 8.58. The molecule has 0 saturated carbocycles.